The lowest BCUT2D eigenvalue weighted by Gasteiger charge is -2.32. The molecule has 4 rings (SSSR count). The van der Waals surface area contributed by atoms with Gasteiger partial charge < -0.3 is 20.2 Å². The van der Waals surface area contributed by atoms with Crippen molar-refractivity contribution in [3.05, 3.63) is 60.1 Å². The second-order valence-electron chi connectivity index (χ2n) is 7.28. The highest BCUT2D eigenvalue weighted by Gasteiger charge is 2.23. The number of furan rings is 1. The SMILES string of the molecule is COc1ccc(CN2CCC(NC(=O)c3occ4ccc(N)cc34)CC2)cc1. The van der Waals surface area contributed by atoms with Gasteiger partial charge in [-0.2, -0.15) is 0 Å². The number of amides is 1. The van der Waals surface area contributed by atoms with Gasteiger partial charge >= 0.3 is 0 Å². The van der Waals surface area contributed by atoms with Crippen molar-refractivity contribution in [3.8, 4) is 5.75 Å². The van der Waals surface area contributed by atoms with Crippen LogP contribution in [0.15, 0.2) is 53.1 Å². The quantitative estimate of drug-likeness (QED) is 0.664. The summed E-state index contributed by atoms with van der Waals surface area (Å²) in [6, 6.07) is 13.8. The minimum absolute atomic E-state index is 0.154. The molecular formula is C22H25N3O3. The molecule has 1 saturated heterocycles. The first-order valence-electron chi connectivity index (χ1n) is 9.55. The predicted molar refractivity (Wildman–Crippen MR) is 109 cm³/mol. The van der Waals surface area contributed by atoms with Crippen molar-refractivity contribution in [2.45, 2.75) is 25.4 Å². The van der Waals surface area contributed by atoms with Gasteiger partial charge in [0.25, 0.3) is 5.91 Å². The van der Waals surface area contributed by atoms with Crippen LogP contribution in [0.4, 0.5) is 5.69 Å². The van der Waals surface area contributed by atoms with E-state index in [9.17, 15) is 4.79 Å². The molecule has 2 aromatic carbocycles. The minimum Gasteiger partial charge on any atom is -0.497 e. The van der Waals surface area contributed by atoms with E-state index in [1.807, 2.05) is 18.2 Å². The van der Waals surface area contributed by atoms with Gasteiger partial charge in [0.05, 0.1) is 13.4 Å². The number of nitrogen functional groups attached to an aromatic ring is 1. The van der Waals surface area contributed by atoms with Crippen molar-refractivity contribution in [3.63, 3.8) is 0 Å². The summed E-state index contributed by atoms with van der Waals surface area (Å²) in [5.74, 6) is 1.04. The Morgan fingerprint density at radius 3 is 2.68 bits per heavy atom. The van der Waals surface area contributed by atoms with Gasteiger partial charge in [0.2, 0.25) is 0 Å². The first-order valence-corrected chi connectivity index (χ1v) is 9.55. The van der Waals surface area contributed by atoms with Crippen molar-refractivity contribution < 1.29 is 13.9 Å². The largest absolute Gasteiger partial charge is 0.497 e. The van der Waals surface area contributed by atoms with Gasteiger partial charge in [-0.25, -0.2) is 0 Å². The number of ether oxygens (including phenoxy) is 1. The Kier molecular flexibility index (Phi) is 5.21. The predicted octanol–water partition coefficient (Wildman–Crippen LogP) is 3.42. The molecule has 1 amide bonds. The molecule has 0 aliphatic carbocycles. The number of nitrogens with one attached hydrogen (secondary N) is 1. The number of nitrogens with two attached hydrogens (primary N) is 1. The standard InChI is InChI=1S/C22H25N3O3/c1-27-19-6-2-15(3-7-19)13-25-10-8-18(9-11-25)24-22(26)21-20-12-17(23)5-4-16(20)14-28-21/h2-7,12,14,18H,8-11,13,23H2,1H3,(H,24,26). The molecule has 1 aliphatic rings. The van der Waals surface area contributed by atoms with Crippen molar-refractivity contribution in [1.29, 1.82) is 0 Å². The van der Waals surface area contributed by atoms with Gasteiger partial charge in [-0.3, -0.25) is 9.69 Å². The Morgan fingerprint density at radius 2 is 1.96 bits per heavy atom. The summed E-state index contributed by atoms with van der Waals surface area (Å²) < 4.78 is 10.7. The van der Waals surface area contributed by atoms with Gasteiger partial charge in [0.15, 0.2) is 5.76 Å². The van der Waals surface area contributed by atoms with Crippen molar-refractivity contribution in [2.75, 3.05) is 25.9 Å². The average molecular weight is 379 g/mol. The Morgan fingerprint density at radius 1 is 1.21 bits per heavy atom. The van der Waals surface area contributed by atoms with Crippen LogP contribution in [-0.2, 0) is 6.54 Å². The summed E-state index contributed by atoms with van der Waals surface area (Å²) in [4.78, 5) is 15.1. The molecule has 1 aliphatic heterocycles. The Bertz CT molecular complexity index is 957. The number of anilines is 1. The Balaban J connectivity index is 1.32. The minimum atomic E-state index is -0.172. The van der Waals surface area contributed by atoms with E-state index in [4.69, 9.17) is 14.9 Å². The highest BCUT2D eigenvalue weighted by molar-refractivity contribution is 6.05. The first kappa shape index (κ1) is 18.4. The zero-order valence-corrected chi connectivity index (χ0v) is 16.0. The molecule has 1 aromatic heterocycles. The monoisotopic (exact) mass is 379 g/mol. The maximum Gasteiger partial charge on any atom is 0.287 e. The topological polar surface area (TPSA) is 80.7 Å². The van der Waals surface area contributed by atoms with Crippen molar-refractivity contribution in [2.24, 2.45) is 0 Å². The van der Waals surface area contributed by atoms with Gasteiger partial charge in [-0.1, -0.05) is 12.1 Å². The fourth-order valence-electron chi connectivity index (χ4n) is 3.71. The number of fused-ring (bicyclic) bond motifs is 1. The van der Waals surface area contributed by atoms with E-state index in [2.05, 4.69) is 22.3 Å². The molecule has 6 nitrogen and oxygen atoms in total. The van der Waals surface area contributed by atoms with E-state index in [1.54, 1.807) is 25.5 Å². The first-order chi connectivity index (χ1) is 13.6. The lowest BCUT2D eigenvalue weighted by molar-refractivity contribution is 0.0883. The fraction of sp³-hybridized carbons (Fsp3) is 0.318. The van der Waals surface area contributed by atoms with Crippen molar-refractivity contribution >= 4 is 22.4 Å². The highest BCUT2D eigenvalue weighted by atomic mass is 16.5. The van der Waals surface area contributed by atoms with Crippen molar-refractivity contribution in [1.82, 2.24) is 10.2 Å². The molecule has 0 spiro atoms. The summed E-state index contributed by atoms with van der Waals surface area (Å²) in [6.07, 6.45) is 3.44. The van der Waals surface area contributed by atoms with Crippen LogP contribution >= 0.6 is 0 Å². The number of likely N-dealkylation sites (tertiary alicyclic amines) is 1. The lowest BCUT2D eigenvalue weighted by atomic mass is 10.0. The second kappa shape index (κ2) is 7.94. The molecule has 0 atom stereocenters. The van der Waals surface area contributed by atoms with Gasteiger partial charge in [0, 0.05) is 42.1 Å². The Hall–Kier alpha value is -2.99. The highest BCUT2D eigenvalue weighted by Crippen LogP contribution is 2.24. The lowest BCUT2D eigenvalue weighted by Crippen LogP contribution is -2.44. The second-order valence-corrected chi connectivity index (χ2v) is 7.28. The van der Waals surface area contributed by atoms with E-state index in [0.29, 0.717) is 11.4 Å². The third-order valence-corrected chi connectivity index (χ3v) is 5.32. The number of benzene rings is 2. The van der Waals surface area contributed by atoms with E-state index in [0.717, 1.165) is 49.0 Å². The van der Waals surface area contributed by atoms with Crippen LogP contribution < -0.4 is 15.8 Å². The number of hydrogen-bond donors (Lipinski definition) is 2. The van der Waals surface area contributed by atoms with Gasteiger partial charge in [-0.15, -0.1) is 0 Å². The van der Waals surface area contributed by atoms with E-state index in [-0.39, 0.29) is 11.9 Å². The number of carbonyl (C=O) groups is 1. The summed E-state index contributed by atoms with van der Waals surface area (Å²) in [7, 11) is 1.68. The molecule has 2 heterocycles. The van der Waals surface area contributed by atoms with Crippen LogP contribution in [0, 0.1) is 0 Å². The van der Waals surface area contributed by atoms with Gasteiger partial charge in [0.1, 0.15) is 5.75 Å². The van der Waals surface area contributed by atoms with Crippen LogP contribution in [0.1, 0.15) is 29.0 Å². The molecule has 6 heteroatoms. The third kappa shape index (κ3) is 3.97. The molecule has 28 heavy (non-hydrogen) atoms. The molecule has 146 valence electrons. The zero-order chi connectivity index (χ0) is 19.5. The number of carbonyl (C=O) groups excluding carboxylic acids is 1. The molecule has 0 bridgehead atoms. The Labute approximate surface area is 164 Å². The molecule has 3 aromatic rings. The molecule has 1 fully saturated rings. The number of hydrogen-bond acceptors (Lipinski definition) is 5. The average Bonchev–Trinajstić information content (AvgIpc) is 3.13. The van der Waals surface area contributed by atoms with Crippen LogP contribution in [0.5, 0.6) is 5.75 Å². The summed E-state index contributed by atoms with van der Waals surface area (Å²) in [5.41, 5.74) is 7.73. The van der Waals surface area contributed by atoms with Crippen LogP contribution in [0.25, 0.3) is 10.8 Å². The summed E-state index contributed by atoms with van der Waals surface area (Å²) in [5, 5.41) is 4.76. The molecule has 0 radical (unpaired) electrons. The fourth-order valence-corrected chi connectivity index (χ4v) is 3.71. The summed E-state index contributed by atoms with van der Waals surface area (Å²) in [6.45, 7) is 2.80. The molecular weight excluding hydrogens is 354 g/mol. The van der Waals surface area contributed by atoms with Crippen LogP contribution in [0.2, 0.25) is 0 Å². The zero-order valence-electron chi connectivity index (χ0n) is 16.0. The summed E-state index contributed by atoms with van der Waals surface area (Å²) >= 11 is 0. The number of piperidine rings is 1. The maximum absolute atomic E-state index is 12.7. The van der Waals surface area contributed by atoms with Gasteiger partial charge in [-0.05, 0) is 48.7 Å². The van der Waals surface area contributed by atoms with E-state index < -0.39 is 0 Å². The van der Waals surface area contributed by atoms with E-state index in [1.165, 1.54) is 5.56 Å². The normalized spacial score (nSPS) is 15.6. The molecule has 0 saturated carbocycles. The third-order valence-electron chi connectivity index (χ3n) is 5.32. The van der Waals surface area contributed by atoms with Crippen LogP contribution in [0.3, 0.4) is 0 Å². The number of methoxy groups -OCH3 is 1. The molecule has 3 N–H and O–H groups in total. The molecule has 0 unspecified atom stereocenters. The van der Waals surface area contributed by atoms with Crippen LogP contribution in [-0.4, -0.2) is 37.0 Å². The smallest absolute Gasteiger partial charge is 0.287 e. The maximum atomic E-state index is 12.7. The van der Waals surface area contributed by atoms with E-state index >= 15 is 0 Å². The number of rotatable bonds is 5. The number of nitrogens with zero attached hydrogens (tertiary/aromatic N) is 1.